The van der Waals surface area contributed by atoms with Gasteiger partial charge in [0.25, 0.3) is 5.91 Å². The molecule has 1 aliphatic heterocycles. The average molecular weight is 310 g/mol. The van der Waals surface area contributed by atoms with Crippen LogP contribution in [0.4, 0.5) is 0 Å². The van der Waals surface area contributed by atoms with Crippen LogP contribution in [0.2, 0.25) is 0 Å². The fourth-order valence-electron chi connectivity index (χ4n) is 2.18. The molecule has 0 aromatic carbocycles. The Balaban J connectivity index is 1.88. The molecule has 3 heterocycles. The van der Waals surface area contributed by atoms with Crippen LogP contribution in [0, 0.1) is 0 Å². The second-order valence-corrected chi connectivity index (χ2v) is 6.35. The van der Waals surface area contributed by atoms with Crippen molar-refractivity contribution in [2.45, 2.75) is 24.0 Å². The minimum atomic E-state index is -0.289. The first-order valence-corrected chi connectivity index (χ1v) is 8.36. The molecule has 1 amide bonds. The van der Waals surface area contributed by atoms with Gasteiger partial charge in [-0.05, 0) is 19.1 Å². The van der Waals surface area contributed by atoms with Gasteiger partial charge in [0.15, 0.2) is 5.01 Å². The number of amides is 1. The molecule has 0 unspecified atom stereocenters. The van der Waals surface area contributed by atoms with E-state index in [9.17, 15) is 9.90 Å². The lowest BCUT2D eigenvalue weighted by Crippen LogP contribution is -2.40. The molecule has 3 rings (SSSR count). The monoisotopic (exact) mass is 310 g/mol. The first kappa shape index (κ1) is 13.7. The van der Waals surface area contributed by atoms with Crippen LogP contribution in [-0.2, 0) is 0 Å². The number of rotatable bonds is 2. The van der Waals surface area contributed by atoms with Crippen LogP contribution < -0.4 is 0 Å². The number of hydrogen-bond acceptors (Lipinski definition) is 7. The maximum absolute atomic E-state index is 12.4. The number of piperidine rings is 1. The van der Waals surface area contributed by atoms with Crippen molar-refractivity contribution in [2.24, 2.45) is 0 Å². The topological polar surface area (TPSA) is 79.2 Å². The van der Waals surface area contributed by atoms with E-state index < -0.39 is 0 Å². The maximum atomic E-state index is 12.4. The summed E-state index contributed by atoms with van der Waals surface area (Å²) in [6, 6.07) is 0. The van der Waals surface area contributed by atoms with Gasteiger partial charge in [-0.15, -0.1) is 11.8 Å². The zero-order chi connectivity index (χ0) is 14.1. The molecule has 1 fully saturated rings. The molecule has 106 valence electrons. The molecule has 2 aromatic heterocycles. The number of aliphatic hydroxyl groups is 1. The summed E-state index contributed by atoms with van der Waals surface area (Å²) in [6.07, 6.45) is 4.40. The van der Waals surface area contributed by atoms with E-state index in [2.05, 4.69) is 15.0 Å². The Morgan fingerprint density at radius 1 is 1.45 bits per heavy atom. The largest absolute Gasteiger partial charge is 0.393 e. The van der Waals surface area contributed by atoms with E-state index in [0.29, 0.717) is 36.5 Å². The summed E-state index contributed by atoms with van der Waals surface area (Å²) in [5.41, 5.74) is 0.699. The minimum Gasteiger partial charge on any atom is -0.393 e. The number of aromatic nitrogens is 3. The van der Waals surface area contributed by atoms with Crippen LogP contribution in [0.25, 0.3) is 10.3 Å². The lowest BCUT2D eigenvalue weighted by molar-refractivity contribution is 0.0546. The van der Waals surface area contributed by atoms with E-state index in [1.54, 1.807) is 4.90 Å². The van der Waals surface area contributed by atoms with Gasteiger partial charge in [-0.3, -0.25) is 4.79 Å². The van der Waals surface area contributed by atoms with Gasteiger partial charge in [0, 0.05) is 13.1 Å². The predicted molar refractivity (Wildman–Crippen MR) is 78.1 cm³/mol. The Kier molecular flexibility index (Phi) is 3.86. The summed E-state index contributed by atoms with van der Waals surface area (Å²) in [4.78, 5) is 27.6. The number of likely N-dealkylation sites (tertiary alicyclic amines) is 1. The van der Waals surface area contributed by atoms with Crippen molar-refractivity contribution in [3.05, 3.63) is 11.3 Å². The van der Waals surface area contributed by atoms with Gasteiger partial charge in [-0.1, -0.05) is 11.3 Å². The number of thiazole rings is 1. The fourth-order valence-corrected chi connectivity index (χ4v) is 3.61. The number of thioether (sulfide) groups is 1. The van der Waals surface area contributed by atoms with E-state index in [1.807, 2.05) is 6.26 Å². The lowest BCUT2D eigenvalue weighted by Gasteiger charge is -2.28. The lowest BCUT2D eigenvalue weighted by atomic mass is 10.1. The van der Waals surface area contributed by atoms with Gasteiger partial charge < -0.3 is 10.0 Å². The van der Waals surface area contributed by atoms with E-state index in [0.717, 1.165) is 9.86 Å². The number of carbonyl (C=O) groups is 1. The molecular weight excluding hydrogens is 296 g/mol. The fraction of sp³-hybridized carbons (Fsp3) is 0.500. The predicted octanol–water partition coefficient (Wildman–Crippen LogP) is 1.41. The summed E-state index contributed by atoms with van der Waals surface area (Å²) in [7, 11) is 0. The first-order chi connectivity index (χ1) is 9.69. The molecule has 2 aromatic rings. The molecule has 20 heavy (non-hydrogen) atoms. The van der Waals surface area contributed by atoms with E-state index in [1.165, 1.54) is 29.4 Å². The number of nitrogens with zero attached hydrogens (tertiary/aromatic N) is 4. The van der Waals surface area contributed by atoms with E-state index in [-0.39, 0.29) is 12.0 Å². The standard InChI is InChI=1S/C12H14N4O2S2/c1-19-9-8-10(14-6-13-9)20-11(15-8)12(18)16-4-2-7(17)3-5-16/h6-7,17H,2-5H2,1H3. The highest BCUT2D eigenvalue weighted by molar-refractivity contribution is 7.98. The van der Waals surface area contributed by atoms with Crippen molar-refractivity contribution in [3.63, 3.8) is 0 Å². The molecule has 6 nitrogen and oxygen atoms in total. The molecule has 1 aliphatic rings. The van der Waals surface area contributed by atoms with Gasteiger partial charge >= 0.3 is 0 Å². The molecular formula is C12H14N4O2S2. The van der Waals surface area contributed by atoms with Crippen molar-refractivity contribution >= 4 is 39.4 Å². The van der Waals surface area contributed by atoms with Crippen LogP contribution in [-0.4, -0.2) is 56.3 Å². The summed E-state index contributed by atoms with van der Waals surface area (Å²) < 4.78 is 0. The quantitative estimate of drug-likeness (QED) is 0.667. The van der Waals surface area contributed by atoms with Crippen LogP contribution in [0.1, 0.15) is 22.6 Å². The van der Waals surface area contributed by atoms with Gasteiger partial charge in [-0.25, -0.2) is 15.0 Å². The summed E-state index contributed by atoms with van der Waals surface area (Å²) in [5.74, 6) is -0.0769. The number of aliphatic hydroxyl groups excluding tert-OH is 1. The van der Waals surface area contributed by atoms with Crippen molar-refractivity contribution < 1.29 is 9.90 Å². The van der Waals surface area contributed by atoms with Crippen LogP contribution in [0.15, 0.2) is 11.4 Å². The highest BCUT2D eigenvalue weighted by Crippen LogP contribution is 2.27. The Hall–Kier alpha value is -1.25. The first-order valence-electron chi connectivity index (χ1n) is 6.32. The Bertz CT molecular complexity index is 637. The van der Waals surface area contributed by atoms with Crippen molar-refractivity contribution in [1.82, 2.24) is 19.9 Å². The summed E-state index contributed by atoms with van der Waals surface area (Å²) in [6.45, 7) is 1.16. The van der Waals surface area contributed by atoms with Crippen LogP contribution in [0.5, 0.6) is 0 Å². The van der Waals surface area contributed by atoms with E-state index >= 15 is 0 Å². The molecule has 1 N–H and O–H groups in total. The molecule has 8 heteroatoms. The SMILES string of the molecule is CSc1ncnc2sc(C(=O)N3CCC(O)CC3)nc12. The number of hydrogen-bond donors (Lipinski definition) is 1. The second-order valence-electron chi connectivity index (χ2n) is 4.58. The van der Waals surface area contributed by atoms with Gasteiger partial charge in [0.2, 0.25) is 0 Å². The maximum Gasteiger partial charge on any atom is 0.282 e. The molecule has 0 aliphatic carbocycles. The smallest absolute Gasteiger partial charge is 0.282 e. The summed E-state index contributed by atoms with van der Waals surface area (Å²) >= 11 is 2.79. The average Bonchev–Trinajstić information content (AvgIpc) is 2.91. The number of carbonyl (C=O) groups excluding carboxylic acids is 1. The molecule has 0 spiro atoms. The Labute approximate surface area is 124 Å². The third-order valence-corrected chi connectivity index (χ3v) is 4.93. The van der Waals surface area contributed by atoms with Crippen LogP contribution in [0.3, 0.4) is 0 Å². The zero-order valence-electron chi connectivity index (χ0n) is 10.9. The second kappa shape index (κ2) is 5.63. The zero-order valence-corrected chi connectivity index (χ0v) is 12.6. The molecule has 1 saturated heterocycles. The highest BCUT2D eigenvalue weighted by atomic mass is 32.2. The third kappa shape index (κ3) is 2.50. The molecule has 0 radical (unpaired) electrons. The molecule has 0 atom stereocenters. The molecule has 0 saturated carbocycles. The highest BCUT2D eigenvalue weighted by Gasteiger charge is 2.25. The van der Waals surface area contributed by atoms with Gasteiger partial charge in [0.1, 0.15) is 21.7 Å². The Morgan fingerprint density at radius 2 is 2.20 bits per heavy atom. The third-order valence-electron chi connectivity index (χ3n) is 3.29. The minimum absolute atomic E-state index is 0.0769. The van der Waals surface area contributed by atoms with Gasteiger partial charge in [0.05, 0.1) is 6.10 Å². The Morgan fingerprint density at radius 3 is 2.90 bits per heavy atom. The molecule has 0 bridgehead atoms. The van der Waals surface area contributed by atoms with Crippen LogP contribution >= 0.6 is 23.1 Å². The van der Waals surface area contributed by atoms with Crippen molar-refractivity contribution in [3.8, 4) is 0 Å². The van der Waals surface area contributed by atoms with Gasteiger partial charge in [-0.2, -0.15) is 0 Å². The van der Waals surface area contributed by atoms with E-state index in [4.69, 9.17) is 0 Å². The number of fused-ring (bicyclic) bond motifs is 1. The summed E-state index contributed by atoms with van der Waals surface area (Å²) in [5, 5.41) is 10.7. The van der Waals surface area contributed by atoms with Crippen molar-refractivity contribution in [1.29, 1.82) is 0 Å². The normalized spacial score (nSPS) is 16.8. The van der Waals surface area contributed by atoms with Crippen molar-refractivity contribution in [2.75, 3.05) is 19.3 Å².